The van der Waals surface area contributed by atoms with E-state index in [2.05, 4.69) is 5.90 Å². The Morgan fingerprint density at radius 2 is 0.909 bits per heavy atom. The van der Waals surface area contributed by atoms with Gasteiger partial charge >= 0.3 is 0 Å². The molecule has 0 amide bonds. The molecular weight excluding hydrogens is 168 g/mol. The zero-order chi connectivity index (χ0) is 9.15. The van der Waals surface area contributed by atoms with Gasteiger partial charge < -0.3 is 36.8 Å². The minimum absolute atomic E-state index is 0. The first-order valence-corrected chi connectivity index (χ1v) is 1.41. The van der Waals surface area contributed by atoms with Crippen LogP contribution in [0.25, 0.3) is 0 Å². The highest BCUT2D eigenvalue weighted by molar-refractivity contribution is 4.04. The molecule has 0 fully saturated rings. The number of nitrogens with zero attached hydrogens (tertiary/aromatic N) is 2. The molecule has 0 saturated heterocycles. The van der Waals surface area contributed by atoms with Gasteiger partial charge in [-0.3, -0.25) is 0 Å². The smallest absolute Gasteiger partial charge is 0.0689 e. The second-order valence-electron chi connectivity index (χ2n) is 0.447. The summed E-state index contributed by atoms with van der Waals surface area (Å²) in [5.74, 6) is 2.25. The van der Waals surface area contributed by atoms with Crippen molar-refractivity contribution in [1.82, 2.24) is 6.15 Å². The molecule has 0 aromatic heterocycles. The molecule has 0 aliphatic heterocycles. The van der Waals surface area contributed by atoms with Crippen molar-refractivity contribution in [3.8, 4) is 0 Å². The molecule has 0 bridgehead atoms. The van der Waals surface area contributed by atoms with E-state index >= 15 is 0 Å². The van der Waals surface area contributed by atoms with Crippen molar-refractivity contribution in [2.24, 2.45) is 0 Å². The maximum absolute atomic E-state index is 8.25. The molecule has 0 heterocycles. The van der Waals surface area contributed by atoms with Crippen LogP contribution in [-0.4, -0.2) is 15.4 Å². The average Bonchev–Trinajstić information content (AvgIpc) is 1.66. The zero-order valence-electron chi connectivity index (χ0n) is 5.50. The Morgan fingerprint density at radius 3 is 0.909 bits per heavy atom. The fourth-order valence-corrected chi connectivity index (χ4v) is 0. The molecule has 0 rings (SSSR count). The van der Waals surface area contributed by atoms with Gasteiger partial charge in [0.05, 0.1) is 10.2 Å². The molecule has 0 saturated carbocycles. The molecule has 0 aromatic rings. The van der Waals surface area contributed by atoms with Gasteiger partial charge in [0.25, 0.3) is 0 Å². The van der Waals surface area contributed by atoms with Gasteiger partial charge in [-0.1, -0.05) is 0 Å². The number of hydrogen-bond acceptors (Lipinski definition) is 7. The second kappa shape index (κ2) is 24.0. The fourth-order valence-electron chi connectivity index (χ4n) is 0. The summed E-state index contributed by atoms with van der Waals surface area (Å²) in [5.41, 5.74) is 0. The summed E-state index contributed by atoms with van der Waals surface area (Å²) in [6, 6.07) is 0. The van der Waals surface area contributed by atoms with Crippen molar-refractivity contribution >= 4 is 0 Å². The van der Waals surface area contributed by atoms with Crippen molar-refractivity contribution in [1.29, 1.82) is 0 Å². The highest BCUT2D eigenvalue weighted by atomic mass is 16.9. The lowest BCUT2D eigenvalue weighted by Gasteiger charge is -1.74. The molecule has 11 nitrogen and oxygen atoms in total. The van der Waals surface area contributed by atoms with E-state index in [1.54, 1.807) is 0 Å². The van der Waals surface area contributed by atoms with Gasteiger partial charge in [0.15, 0.2) is 0 Å². The summed E-state index contributed by atoms with van der Waals surface area (Å²) in [5, 5.41) is 36.2. The highest BCUT2D eigenvalue weighted by Gasteiger charge is 1.46. The van der Waals surface area contributed by atoms with E-state index in [1.165, 1.54) is 0 Å². The summed E-state index contributed by atoms with van der Waals surface area (Å²) < 4.78 is 0. The van der Waals surface area contributed by atoms with E-state index in [-0.39, 0.29) is 6.15 Å². The summed E-state index contributed by atoms with van der Waals surface area (Å²) in [6.07, 6.45) is 0. The van der Waals surface area contributed by atoms with Crippen LogP contribution < -0.4 is 12.0 Å². The Hall–Kier alpha value is -1.72. The third-order valence-corrected chi connectivity index (χ3v) is 0. The minimum Gasteiger partial charge on any atom is -0.369 e. The van der Waals surface area contributed by atoms with Crippen molar-refractivity contribution in [3.63, 3.8) is 0 Å². The van der Waals surface area contributed by atoms with Gasteiger partial charge in [-0.15, -0.1) is 0 Å². The van der Waals surface area contributed by atoms with Gasteiger partial charge in [0, 0.05) is 0 Å². The molecule has 0 aromatic carbocycles. The van der Waals surface area contributed by atoms with Crippen molar-refractivity contribution in [2.45, 2.75) is 0 Å². The number of quaternary nitrogens is 2. The molecule has 0 unspecified atom stereocenters. The fraction of sp³-hybridized carbons (Fsp3) is 0. The Kier molecular flexibility index (Phi) is 49.7. The third-order valence-electron chi connectivity index (χ3n) is 0. The summed E-state index contributed by atoms with van der Waals surface area (Å²) in [4.78, 5) is 16.5. The lowest BCUT2D eigenvalue weighted by molar-refractivity contribution is -0.670. The molecule has 11 heavy (non-hydrogen) atoms. The molecule has 0 spiro atoms. The Balaban J connectivity index is -0.0000000339. The van der Waals surface area contributed by atoms with Gasteiger partial charge in [0.1, 0.15) is 0 Å². The molecule has 0 atom stereocenters. The predicted octanol–water partition coefficient (Wildman–Crippen LogP) is -1.48. The summed E-state index contributed by atoms with van der Waals surface area (Å²) in [6.45, 7) is 0. The Labute approximate surface area is 59.4 Å². The van der Waals surface area contributed by atoms with Crippen LogP contribution in [0, 0.1) is 30.6 Å². The first-order valence-electron chi connectivity index (χ1n) is 1.41. The van der Waals surface area contributed by atoms with Crippen molar-refractivity contribution < 1.29 is 21.3 Å². The Morgan fingerprint density at radius 1 is 0.909 bits per heavy atom. The van der Waals surface area contributed by atoms with Gasteiger partial charge in [-0.05, 0) is 0 Å². The average molecular weight is 176 g/mol. The monoisotopic (exact) mass is 176 g/mol. The van der Waals surface area contributed by atoms with E-state index in [0.29, 0.717) is 0 Å². The zero-order valence-corrected chi connectivity index (χ0v) is 5.50. The van der Waals surface area contributed by atoms with Crippen LogP contribution in [-0.2, 0) is 0 Å². The standard InChI is InChI=1S/2NO3.H4NO.H3N/c2*2-1(3)4;1-2;/h;;2H,1H3;1H3/q2*-1;+1;/p+1. The van der Waals surface area contributed by atoms with Crippen LogP contribution in [0.3, 0.4) is 0 Å². The quantitative estimate of drug-likeness (QED) is 0.293. The molecular formula is H8N4O7. The van der Waals surface area contributed by atoms with Crippen LogP contribution in [0.4, 0.5) is 0 Å². The van der Waals surface area contributed by atoms with E-state index in [9.17, 15) is 0 Å². The molecule has 11 heteroatoms. The van der Waals surface area contributed by atoms with Gasteiger partial charge in [0.2, 0.25) is 0 Å². The third kappa shape index (κ3) is 110. The van der Waals surface area contributed by atoms with Crippen LogP contribution >= 0.6 is 0 Å². The minimum atomic E-state index is -1.75. The van der Waals surface area contributed by atoms with Crippen molar-refractivity contribution in [3.05, 3.63) is 30.6 Å². The van der Waals surface area contributed by atoms with E-state index in [4.69, 9.17) is 35.9 Å². The van der Waals surface area contributed by atoms with Crippen LogP contribution in [0.5, 0.6) is 0 Å². The first kappa shape index (κ1) is 22.8. The van der Waals surface area contributed by atoms with Crippen LogP contribution in [0.15, 0.2) is 0 Å². The van der Waals surface area contributed by atoms with Crippen LogP contribution in [0.1, 0.15) is 0 Å². The van der Waals surface area contributed by atoms with E-state index in [1.807, 2.05) is 0 Å². The maximum atomic E-state index is 8.25. The second-order valence-corrected chi connectivity index (χ2v) is 0.447. The molecule has 70 valence electrons. The Bertz CT molecular complexity index is 68.4. The van der Waals surface area contributed by atoms with E-state index in [0.717, 1.165) is 0 Å². The lowest BCUT2D eigenvalue weighted by atomic mass is 13.1. The molecule has 0 aliphatic rings. The lowest BCUT2D eigenvalue weighted by Crippen LogP contribution is -2.42. The van der Waals surface area contributed by atoms with Crippen LogP contribution in [0.2, 0.25) is 0 Å². The first-order chi connectivity index (χ1) is 4.46. The molecule has 0 aliphatic carbocycles. The van der Waals surface area contributed by atoms with Gasteiger partial charge in [-0.2, -0.15) is 0 Å². The number of hydrogen-bond donors (Lipinski definition) is 3. The predicted molar refractivity (Wildman–Crippen MR) is 31.4 cm³/mol. The van der Waals surface area contributed by atoms with Gasteiger partial charge in [-0.25, -0.2) is 11.1 Å². The highest BCUT2D eigenvalue weighted by Crippen LogP contribution is 1.44. The topological polar surface area (TPSA) is 217 Å². The largest absolute Gasteiger partial charge is 0.369 e. The molecule has 0 radical (unpaired) electrons. The normalized spacial score (nSPS) is 4.91. The van der Waals surface area contributed by atoms with Crippen molar-refractivity contribution in [2.75, 3.05) is 0 Å². The maximum Gasteiger partial charge on any atom is 0.0689 e. The number of rotatable bonds is 0. The summed E-state index contributed by atoms with van der Waals surface area (Å²) in [7, 11) is 0. The van der Waals surface area contributed by atoms with E-state index < -0.39 is 10.2 Å². The molecule has 8 N–H and O–H groups in total. The SMILES string of the molecule is O=[N+]([O-])[O-].O=[N+]([O-])[O-].[NH3+]O.[NH4+]. The summed E-state index contributed by atoms with van der Waals surface area (Å²) >= 11 is 0.